The van der Waals surface area contributed by atoms with Crippen LogP contribution in [0.4, 0.5) is 0 Å². The summed E-state index contributed by atoms with van der Waals surface area (Å²) >= 11 is 0. The average molecular weight is 212 g/mol. The molecule has 0 radical (unpaired) electrons. The van der Waals surface area contributed by atoms with Crippen molar-refractivity contribution in [1.82, 2.24) is 10.6 Å². The number of aliphatic hydroxyl groups excluding tert-OH is 1. The summed E-state index contributed by atoms with van der Waals surface area (Å²) in [7, 11) is 0. The normalized spacial score (nSPS) is 27.7. The monoisotopic (exact) mass is 212 g/mol. The first-order valence-corrected chi connectivity index (χ1v) is 5.85. The molecule has 1 atom stereocenters. The Kier molecular flexibility index (Phi) is 3.26. The van der Waals surface area contributed by atoms with Crippen molar-refractivity contribution < 1.29 is 9.90 Å². The first-order chi connectivity index (χ1) is 7.24. The van der Waals surface area contributed by atoms with Crippen molar-refractivity contribution in [3.63, 3.8) is 0 Å². The van der Waals surface area contributed by atoms with Gasteiger partial charge in [-0.2, -0.15) is 0 Å². The van der Waals surface area contributed by atoms with E-state index in [1.165, 1.54) is 6.42 Å². The molecule has 3 N–H and O–H groups in total. The van der Waals surface area contributed by atoms with Crippen molar-refractivity contribution >= 4 is 5.91 Å². The summed E-state index contributed by atoms with van der Waals surface area (Å²) in [5.41, 5.74) is 0.0266. The fourth-order valence-electron chi connectivity index (χ4n) is 2.08. The smallest absolute Gasteiger partial charge is 0.221 e. The van der Waals surface area contributed by atoms with Gasteiger partial charge in [-0.05, 0) is 32.2 Å². The van der Waals surface area contributed by atoms with E-state index in [0.29, 0.717) is 19.0 Å². The third kappa shape index (κ3) is 2.92. The molecule has 0 aromatic rings. The van der Waals surface area contributed by atoms with Crippen molar-refractivity contribution in [1.29, 1.82) is 0 Å². The van der Waals surface area contributed by atoms with Gasteiger partial charge in [-0.15, -0.1) is 0 Å². The molecule has 86 valence electrons. The summed E-state index contributed by atoms with van der Waals surface area (Å²) in [6.45, 7) is 1.89. The van der Waals surface area contributed by atoms with E-state index in [0.717, 1.165) is 25.8 Å². The summed E-state index contributed by atoms with van der Waals surface area (Å²) in [6, 6.07) is 0.370. The molecule has 15 heavy (non-hydrogen) atoms. The van der Waals surface area contributed by atoms with Crippen LogP contribution in [0.15, 0.2) is 0 Å². The molecule has 4 heteroatoms. The van der Waals surface area contributed by atoms with Crippen LogP contribution in [0.25, 0.3) is 0 Å². The van der Waals surface area contributed by atoms with Crippen LogP contribution in [0.2, 0.25) is 0 Å². The number of rotatable bonds is 5. The number of aliphatic hydroxyl groups is 1. The number of hydrogen-bond acceptors (Lipinski definition) is 3. The molecular formula is C11H20N2O2. The van der Waals surface area contributed by atoms with Crippen LogP contribution in [-0.4, -0.2) is 36.8 Å². The number of amides is 1. The first-order valence-electron chi connectivity index (χ1n) is 5.85. The maximum atomic E-state index is 11.6. The summed E-state index contributed by atoms with van der Waals surface area (Å²) in [4.78, 5) is 11.6. The largest absolute Gasteiger partial charge is 0.396 e. The summed E-state index contributed by atoms with van der Waals surface area (Å²) in [6.07, 6.45) is 4.97. The highest BCUT2D eigenvalue weighted by atomic mass is 16.3. The van der Waals surface area contributed by atoms with Crippen molar-refractivity contribution in [2.24, 2.45) is 5.41 Å². The highest BCUT2D eigenvalue weighted by Gasteiger charge is 2.42. The molecule has 2 fully saturated rings. The molecule has 1 amide bonds. The summed E-state index contributed by atoms with van der Waals surface area (Å²) in [5, 5.41) is 15.3. The molecule has 1 aliphatic carbocycles. The number of nitrogens with one attached hydrogen (secondary N) is 2. The molecule has 1 saturated carbocycles. The Morgan fingerprint density at radius 1 is 1.53 bits per heavy atom. The van der Waals surface area contributed by atoms with Crippen LogP contribution in [-0.2, 0) is 4.79 Å². The highest BCUT2D eigenvalue weighted by Crippen LogP contribution is 2.44. The average Bonchev–Trinajstić information content (AvgIpc) is 2.86. The predicted molar refractivity (Wildman–Crippen MR) is 57.4 cm³/mol. The summed E-state index contributed by atoms with van der Waals surface area (Å²) in [5.74, 6) is 0.120. The van der Waals surface area contributed by atoms with E-state index in [1.54, 1.807) is 0 Å². The van der Waals surface area contributed by atoms with Gasteiger partial charge in [0.15, 0.2) is 0 Å². The van der Waals surface area contributed by atoms with Gasteiger partial charge >= 0.3 is 0 Å². The second-order valence-electron chi connectivity index (χ2n) is 4.93. The van der Waals surface area contributed by atoms with Crippen LogP contribution >= 0.6 is 0 Å². The topological polar surface area (TPSA) is 61.4 Å². The zero-order chi connectivity index (χ0) is 10.7. The molecule has 1 heterocycles. The Morgan fingerprint density at radius 3 is 2.87 bits per heavy atom. The molecular weight excluding hydrogens is 192 g/mol. The van der Waals surface area contributed by atoms with Crippen molar-refractivity contribution in [2.45, 2.75) is 38.1 Å². The lowest BCUT2D eigenvalue weighted by Gasteiger charge is -2.14. The standard InChI is InChI=1S/C11H20N2O2/c14-8-11(3-4-11)7-13-10(15)6-9-2-1-5-12-9/h9,12,14H,1-8H2,(H,13,15). The zero-order valence-electron chi connectivity index (χ0n) is 9.09. The summed E-state index contributed by atoms with van der Waals surface area (Å²) < 4.78 is 0. The third-order valence-electron chi connectivity index (χ3n) is 3.55. The molecule has 2 aliphatic rings. The van der Waals surface area contributed by atoms with Crippen molar-refractivity contribution in [3.05, 3.63) is 0 Å². The lowest BCUT2D eigenvalue weighted by atomic mass is 10.1. The quantitative estimate of drug-likeness (QED) is 0.602. The molecule has 0 aromatic heterocycles. The third-order valence-corrected chi connectivity index (χ3v) is 3.55. The Hall–Kier alpha value is -0.610. The zero-order valence-corrected chi connectivity index (χ0v) is 9.09. The fourth-order valence-corrected chi connectivity index (χ4v) is 2.08. The van der Waals surface area contributed by atoms with E-state index in [-0.39, 0.29) is 17.9 Å². The van der Waals surface area contributed by atoms with E-state index in [1.807, 2.05) is 0 Å². The predicted octanol–water partition coefficient (Wildman–Crippen LogP) is 0.0172. The second-order valence-corrected chi connectivity index (χ2v) is 4.93. The lowest BCUT2D eigenvalue weighted by Crippen LogP contribution is -2.35. The molecule has 4 nitrogen and oxygen atoms in total. The SMILES string of the molecule is O=C(CC1CCCN1)NCC1(CO)CC1. The van der Waals surface area contributed by atoms with Crippen LogP contribution in [0.1, 0.15) is 32.1 Å². The van der Waals surface area contributed by atoms with Gasteiger partial charge in [-0.25, -0.2) is 0 Å². The Morgan fingerprint density at radius 2 is 2.33 bits per heavy atom. The molecule has 0 bridgehead atoms. The van der Waals surface area contributed by atoms with Gasteiger partial charge in [0, 0.05) is 24.4 Å². The number of carbonyl (C=O) groups is 1. The number of hydrogen-bond donors (Lipinski definition) is 3. The van der Waals surface area contributed by atoms with Gasteiger partial charge in [-0.3, -0.25) is 4.79 Å². The maximum Gasteiger partial charge on any atom is 0.221 e. The first kappa shape index (κ1) is 10.9. The molecule has 1 unspecified atom stereocenters. The van der Waals surface area contributed by atoms with Gasteiger partial charge in [0.25, 0.3) is 0 Å². The van der Waals surface area contributed by atoms with E-state index in [2.05, 4.69) is 10.6 Å². The van der Waals surface area contributed by atoms with E-state index >= 15 is 0 Å². The Balaban J connectivity index is 1.64. The highest BCUT2D eigenvalue weighted by molar-refractivity contribution is 5.76. The maximum absolute atomic E-state index is 11.6. The van der Waals surface area contributed by atoms with Gasteiger partial charge in [0.1, 0.15) is 0 Å². The van der Waals surface area contributed by atoms with Gasteiger partial charge in [0.2, 0.25) is 5.91 Å². The second kappa shape index (κ2) is 4.49. The molecule has 1 saturated heterocycles. The van der Waals surface area contributed by atoms with Crippen LogP contribution in [0.3, 0.4) is 0 Å². The Labute approximate surface area is 90.4 Å². The molecule has 2 rings (SSSR count). The van der Waals surface area contributed by atoms with Gasteiger partial charge < -0.3 is 15.7 Å². The van der Waals surface area contributed by atoms with Crippen molar-refractivity contribution in [3.8, 4) is 0 Å². The minimum atomic E-state index is 0.0266. The lowest BCUT2D eigenvalue weighted by molar-refractivity contribution is -0.121. The van der Waals surface area contributed by atoms with E-state index < -0.39 is 0 Å². The Bertz CT molecular complexity index is 233. The fraction of sp³-hybridized carbons (Fsp3) is 0.909. The van der Waals surface area contributed by atoms with Crippen LogP contribution in [0, 0.1) is 5.41 Å². The minimum absolute atomic E-state index is 0.0266. The molecule has 0 spiro atoms. The minimum Gasteiger partial charge on any atom is -0.396 e. The van der Waals surface area contributed by atoms with Crippen molar-refractivity contribution in [2.75, 3.05) is 19.7 Å². The van der Waals surface area contributed by atoms with Crippen LogP contribution in [0.5, 0.6) is 0 Å². The van der Waals surface area contributed by atoms with E-state index in [9.17, 15) is 4.79 Å². The molecule has 1 aliphatic heterocycles. The number of carbonyl (C=O) groups excluding carboxylic acids is 1. The molecule has 0 aromatic carbocycles. The van der Waals surface area contributed by atoms with Gasteiger partial charge in [0.05, 0.1) is 6.61 Å². The van der Waals surface area contributed by atoms with E-state index in [4.69, 9.17) is 5.11 Å². The van der Waals surface area contributed by atoms with Gasteiger partial charge in [-0.1, -0.05) is 0 Å². The van der Waals surface area contributed by atoms with Crippen LogP contribution < -0.4 is 10.6 Å².